The van der Waals surface area contributed by atoms with E-state index in [1.807, 2.05) is 0 Å². The van der Waals surface area contributed by atoms with Crippen molar-refractivity contribution >= 4 is 11.7 Å². The third-order valence-corrected chi connectivity index (χ3v) is 2.08. The summed E-state index contributed by atoms with van der Waals surface area (Å²) in [6.07, 6.45) is -3.37. The molecule has 0 radical (unpaired) electrons. The number of rotatable bonds is 4. The number of alkyl halides is 3. The van der Waals surface area contributed by atoms with Crippen LogP contribution in [0.1, 0.15) is 5.69 Å². The molecule has 0 atom stereocenters. The van der Waals surface area contributed by atoms with E-state index in [-0.39, 0.29) is 18.3 Å². The molecule has 2 aromatic rings. The third kappa shape index (κ3) is 3.88. The molecule has 0 aliphatic heterocycles. The van der Waals surface area contributed by atoms with Crippen molar-refractivity contribution in [2.45, 2.75) is 12.9 Å². The smallest absolute Gasteiger partial charge is 0.432 e. The highest BCUT2D eigenvalue weighted by molar-refractivity contribution is 5.54. The SMILES string of the molecule is NCc1coc(Nc2cccc(OC(F)(F)F)c2)n1. The molecule has 0 spiro atoms. The predicted molar refractivity (Wildman–Crippen MR) is 60.8 cm³/mol. The third-order valence-electron chi connectivity index (χ3n) is 2.08. The molecule has 0 bridgehead atoms. The van der Waals surface area contributed by atoms with Crippen LogP contribution >= 0.6 is 0 Å². The lowest BCUT2D eigenvalue weighted by atomic mass is 10.3. The maximum absolute atomic E-state index is 12.1. The van der Waals surface area contributed by atoms with Crippen molar-refractivity contribution in [3.8, 4) is 5.75 Å². The Morgan fingerprint density at radius 2 is 2.16 bits per heavy atom. The monoisotopic (exact) mass is 273 g/mol. The summed E-state index contributed by atoms with van der Waals surface area (Å²) in [5, 5.41) is 2.70. The van der Waals surface area contributed by atoms with Crippen LogP contribution in [0, 0.1) is 0 Å². The molecule has 1 aromatic heterocycles. The summed E-state index contributed by atoms with van der Waals surface area (Å²) < 4.78 is 45.0. The maximum atomic E-state index is 12.1. The Balaban J connectivity index is 2.10. The molecular weight excluding hydrogens is 263 g/mol. The van der Waals surface area contributed by atoms with Gasteiger partial charge in [-0.1, -0.05) is 6.07 Å². The second-order valence-electron chi connectivity index (χ2n) is 3.55. The molecule has 0 aliphatic rings. The molecule has 0 saturated carbocycles. The van der Waals surface area contributed by atoms with Crippen LogP contribution in [0.5, 0.6) is 5.75 Å². The summed E-state index contributed by atoms with van der Waals surface area (Å²) in [5.74, 6) is -0.330. The van der Waals surface area contributed by atoms with Crippen LogP contribution in [-0.4, -0.2) is 11.3 Å². The highest BCUT2D eigenvalue weighted by Crippen LogP contribution is 2.26. The first kappa shape index (κ1) is 13.2. The summed E-state index contributed by atoms with van der Waals surface area (Å²) >= 11 is 0. The molecule has 1 heterocycles. The second kappa shape index (κ2) is 5.19. The Morgan fingerprint density at radius 1 is 1.37 bits per heavy atom. The van der Waals surface area contributed by atoms with Crippen LogP contribution in [0.3, 0.4) is 0 Å². The van der Waals surface area contributed by atoms with Crippen molar-refractivity contribution in [1.82, 2.24) is 4.98 Å². The summed E-state index contributed by atoms with van der Waals surface area (Å²) in [6.45, 7) is 0.211. The molecule has 0 unspecified atom stereocenters. The molecular formula is C11H10F3N3O2. The Bertz CT molecular complexity index is 554. The summed E-state index contributed by atoms with van der Waals surface area (Å²) in [7, 11) is 0. The van der Waals surface area contributed by atoms with Crippen LogP contribution in [0.2, 0.25) is 0 Å². The van der Waals surface area contributed by atoms with Gasteiger partial charge in [-0.3, -0.25) is 0 Å². The van der Waals surface area contributed by atoms with Crippen LogP contribution in [0.4, 0.5) is 24.9 Å². The van der Waals surface area contributed by atoms with Gasteiger partial charge in [-0.15, -0.1) is 13.2 Å². The first-order valence-electron chi connectivity index (χ1n) is 5.23. The number of benzene rings is 1. The fraction of sp³-hybridized carbons (Fsp3) is 0.182. The first-order valence-corrected chi connectivity index (χ1v) is 5.23. The highest BCUT2D eigenvalue weighted by atomic mass is 19.4. The van der Waals surface area contributed by atoms with Gasteiger partial charge in [0.1, 0.15) is 12.0 Å². The average molecular weight is 273 g/mol. The van der Waals surface area contributed by atoms with Crippen LogP contribution in [0.25, 0.3) is 0 Å². The lowest BCUT2D eigenvalue weighted by molar-refractivity contribution is -0.274. The molecule has 2 rings (SSSR count). The van der Waals surface area contributed by atoms with E-state index in [1.54, 1.807) is 6.07 Å². The molecule has 102 valence electrons. The number of aromatic nitrogens is 1. The second-order valence-corrected chi connectivity index (χ2v) is 3.55. The van der Waals surface area contributed by atoms with Crippen molar-refractivity contribution < 1.29 is 22.3 Å². The van der Waals surface area contributed by atoms with Gasteiger partial charge in [0, 0.05) is 18.3 Å². The Morgan fingerprint density at radius 3 is 2.79 bits per heavy atom. The van der Waals surface area contributed by atoms with Gasteiger partial charge in [-0.25, -0.2) is 0 Å². The van der Waals surface area contributed by atoms with E-state index in [4.69, 9.17) is 10.2 Å². The van der Waals surface area contributed by atoms with E-state index in [2.05, 4.69) is 15.0 Å². The first-order chi connectivity index (χ1) is 8.96. The van der Waals surface area contributed by atoms with E-state index in [1.165, 1.54) is 24.5 Å². The number of hydrogen-bond donors (Lipinski definition) is 2. The van der Waals surface area contributed by atoms with E-state index in [0.717, 1.165) is 0 Å². The Labute approximate surface area is 106 Å². The van der Waals surface area contributed by atoms with Gasteiger partial charge in [-0.2, -0.15) is 4.98 Å². The fourth-order valence-corrected chi connectivity index (χ4v) is 1.35. The normalized spacial score (nSPS) is 11.4. The number of anilines is 2. The quantitative estimate of drug-likeness (QED) is 0.896. The van der Waals surface area contributed by atoms with Gasteiger partial charge in [0.2, 0.25) is 0 Å². The molecule has 1 aromatic carbocycles. The molecule has 5 nitrogen and oxygen atoms in total. The predicted octanol–water partition coefficient (Wildman–Crippen LogP) is 2.78. The molecule has 8 heteroatoms. The molecule has 0 saturated heterocycles. The van der Waals surface area contributed by atoms with Gasteiger partial charge >= 0.3 is 6.36 Å². The van der Waals surface area contributed by atoms with E-state index >= 15 is 0 Å². The van der Waals surface area contributed by atoms with Crippen LogP contribution in [0.15, 0.2) is 34.9 Å². The van der Waals surface area contributed by atoms with Crippen molar-refractivity contribution in [2.24, 2.45) is 5.73 Å². The number of halogens is 3. The summed E-state index contributed by atoms with van der Waals surface area (Å²) in [5.41, 5.74) is 6.24. The molecule has 0 amide bonds. The minimum atomic E-state index is -4.73. The van der Waals surface area contributed by atoms with Crippen molar-refractivity contribution in [3.63, 3.8) is 0 Å². The van der Waals surface area contributed by atoms with Gasteiger partial charge in [0.25, 0.3) is 6.01 Å². The van der Waals surface area contributed by atoms with Gasteiger partial charge in [0.15, 0.2) is 0 Å². The zero-order valence-corrected chi connectivity index (χ0v) is 9.57. The lowest BCUT2D eigenvalue weighted by Crippen LogP contribution is -2.17. The lowest BCUT2D eigenvalue weighted by Gasteiger charge is -2.09. The summed E-state index contributed by atoms with van der Waals surface area (Å²) in [6, 6.07) is 5.48. The van der Waals surface area contributed by atoms with Crippen molar-refractivity contribution in [2.75, 3.05) is 5.32 Å². The molecule has 19 heavy (non-hydrogen) atoms. The van der Waals surface area contributed by atoms with Gasteiger partial charge in [-0.05, 0) is 12.1 Å². The number of nitrogens with zero attached hydrogens (tertiary/aromatic N) is 1. The Hall–Kier alpha value is -2.22. The summed E-state index contributed by atoms with van der Waals surface area (Å²) in [4.78, 5) is 3.96. The van der Waals surface area contributed by atoms with E-state index in [0.29, 0.717) is 11.4 Å². The van der Waals surface area contributed by atoms with E-state index in [9.17, 15) is 13.2 Å². The topological polar surface area (TPSA) is 73.3 Å². The maximum Gasteiger partial charge on any atom is 0.573 e. The molecule has 0 fully saturated rings. The number of nitrogens with two attached hydrogens (primary N) is 1. The van der Waals surface area contributed by atoms with Crippen molar-refractivity contribution in [3.05, 3.63) is 36.2 Å². The van der Waals surface area contributed by atoms with E-state index < -0.39 is 6.36 Å². The molecule has 3 N–H and O–H groups in total. The average Bonchev–Trinajstić information content (AvgIpc) is 2.75. The van der Waals surface area contributed by atoms with Gasteiger partial charge in [0.05, 0.1) is 5.69 Å². The standard InChI is InChI=1S/C11H10F3N3O2/c12-11(13,14)19-9-3-1-2-7(4-9)16-10-17-8(5-15)6-18-10/h1-4,6H,5,15H2,(H,16,17). The fourth-order valence-electron chi connectivity index (χ4n) is 1.35. The number of oxazole rings is 1. The highest BCUT2D eigenvalue weighted by Gasteiger charge is 2.31. The minimum absolute atomic E-state index is 0.143. The van der Waals surface area contributed by atoms with Crippen LogP contribution in [-0.2, 0) is 6.54 Å². The minimum Gasteiger partial charge on any atom is -0.432 e. The Kier molecular flexibility index (Phi) is 3.61. The number of hydrogen-bond acceptors (Lipinski definition) is 5. The zero-order chi connectivity index (χ0) is 13.9. The molecule has 0 aliphatic carbocycles. The number of nitrogens with one attached hydrogen (secondary N) is 1. The van der Waals surface area contributed by atoms with Crippen molar-refractivity contribution in [1.29, 1.82) is 0 Å². The number of ether oxygens (including phenoxy) is 1. The van der Waals surface area contributed by atoms with Gasteiger partial charge < -0.3 is 20.2 Å². The van der Waals surface area contributed by atoms with Crippen LogP contribution < -0.4 is 15.8 Å². The zero-order valence-electron chi connectivity index (χ0n) is 9.57. The largest absolute Gasteiger partial charge is 0.573 e.